The summed E-state index contributed by atoms with van der Waals surface area (Å²) in [6, 6.07) is 9.91. The highest BCUT2D eigenvalue weighted by Crippen LogP contribution is 2.24. The quantitative estimate of drug-likeness (QED) is 0.552. The van der Waals surface area contributed by atoms with Crippen LogP contribution in [0.5, 0.6) is 0 Å². The molecule has 0 aliphatic rings. The molecule has 0 spiro atoms. The molecule has 2 rings (SSSR count). The molecule has 134 valence electrons. The van der Waals surface area contributed by atoms with Gasteiger partial charge in [0.1, 0.15) is 0 Å². The van der Waals surface area contributed by atoms with E-state index in [2.05, 4.69) is 22.1 Å². The smallest absolute Gasteiger partial charge is 0.173 e. The van der Waals surface area contributed by atoms with E-state index in [4.69, 9.17) is 28.6 Å². The maximum absolute atomic E-state index is 6.12. The van der Waals surface area contributed by atoms with Gasteiger partial charge in [-0.2, -0.15) is 0 Å². The second-order valence-electron chi connectivity index (χ2n) is 5.89. The molecule has 0 unspecified atom stereocenters. The topological polar surface area (TPSA) is 37.4 Å². The third kappa shape index (κ3) is 5.66. The highest BCUT2D eigenvalue weighted by molar-refractivity contribution is 7.80. The molecule has 0 aliphatic heterocycles. The van der Waals surface area contributed by atoms with Crippen molar-refractivity contribution in [2.45, 2.75) is 26.3 Å². The molecule has 25 heavy (non-hydrogen) atoms. The zero-order valence-corrected chi connectivity index (χ0v) is 16.4. The van der Waals surface area contributed by atoms with Crippen LogP contribution < -0.4 is 5.32 Å². The van der Waals surface area contributed by atoms with Crippen molar-refractivity contribution in [3.63, 3.8) is 0 Å². The van der Waals surface area contributed by atoms with Gasteiger partial charge in [-0.25, -0.2) is 0 Å². The molecule has 1 N–H and O–H groups in total. The number of hydrogen-bond donors (Lipinski definition) is 1. The fraction of sp³-hybridized carbons (Fsp3) is 0.368. The van der Waals surface area contributed by atoms with Gasteiger partial charge in [0.2, 0.25) is 0 Å². The van der Waals surface area contributed by atoms with Crippen molar-refractivity contribution in [3.8, 4) is 0 Å². The lowest BCUT2D eigenvalue weighted by atomic mass is 10.1. The molecule has 0 fully saturated rings. The van der Waals surface area contributed by atoms with E-state index in [1.165, 1.54) is 5.56 Å². The Morgan fingerprint density at radius 3 is 2.72 bits per heavy atom. The second kappa shape index (κ2) is 9.70. The number of methoxy groups -OCH3 is 1. The largest absolute Gasteiger partial charge is 0.385 e. The fourth-order valence-electron chi connectivity index (χ4n) is 2.59. The summed E-state index contributed by atoms with van der Waals surface area (Å²) >= 11 is 11.8. The number of halogens is 1. The van der Waals surface area contributed by atoms with Crippen molar-refractivity contribution >= 4 is 34.6 Å². The van der Waals surface area contributed by atoms with Crippen molar-refractivity contribution in [1.29, 1.82) is 0 Å². The number of rotatable bonds is 7. The summed E-state index contributed by atoms with van der Waals surface area (Å²) in [4.78, 5) is 6.27. The first-order valence-corrected chi connectivity index (χ1v) is 9.04. The molecule has 1 heterocycles. The van der Waals surface area contributed by atoms with Gasteiger partial charge in [-0.05, 0) is 67.9 Å². The van der Waals surface area contributed by atoms with E-state index in [1.54, 1.807) is 19.5 Å². The molecule has 6 heteroatoms. The third-order valence-electron chi connectivity index (χ3n) is 4.11. The zero-order valence-electron chi connectivity index (χ0n) is 14.8. The summed E-state index contributed by atoms with van der Waals surface area (Å²) in [7, 11) is 1.71. The summed E-state index contributed by atoms with van der Waals surface area (Å²) in [5.74, 6) is 0. The first-order chi connectivity index (χ1) is 12.0. The van der Waals surface area contributed by atoms with Gasteiger partial charge in [0.05, 0.1) is 6.04 Å². The number of thiocarbonyl (C=S) groups is 1. The molecule has 0 amide bonds. The average molecular weight is 378 g/mol. The normalized spacial score (nSPS) is 11.8. The number of pyridine rings is 1. The maximum atomic E-state index is 6.12. The molecule has 0 saturated carbocycles. The Morgan fingerprint density at radius 2 is 2.04 bits per heavy atom. The summed E-state index contributed by atoms with van der Waals surface area (Å²) in [6.45, 7) is 5.66. The number of hydrogen-bond acceptors (Lipinski definition) is 3. The maximum Gasteiger partial charge on any atom is 0.173 e. The van der Waals surface area contributed by atoms with E-state index in [-0.39, 0.29) is 6.04 Å². The predicted octanol–water partition coefficient (Wildman–Crippen LogP) is 4.84. The summed E-state index contributed by atoms with van der Waals surface area (Å²) in [5.41, 5.74) is 3.19. The van der Waals surface area contributed by atoms with Crippen LogP contribution in [0.15, 0.2) is 42.7 Å². The van der Waals surface area contributed by atoms with E-state index >= 15 is 0 Å². The molecule has 1 aromatic carbocycles. The first kappa shape index (κ1) is 19.6. The predicted molar refractivity (Wildman–Crippen MR) is 108 cm³/mol. The minimum absolute atomic E-state index is 0.124. The van der Waals surface area contributed by atoms with E-state index in [9.17, 15) is 0 Å². The lowest BCUT2D eigenvalue weighted by Crippen LogP contribution is -2.38. The molecule has 0 aliphatic carbocycles. The molecule has 0 bridgehead atoms. The number of benzene rings is 1. The van der Waals surface area contributed by atoms with Crippen LogP contribution in [0.1, 0.15) is 30.5 Å². The SMILES string of the molecule is COCCCN(C(=S)Nc1cc(Cl)ccc1C)[C@@H](C)c1ccncc1. The summed E-state index contributed by atoms with van der Waals surface area (Å²) in [6.07, 6.45) is 4.50. The molecule has 0 radical (unpaired) electrons. The van der Waals surface area contributed by atoms with Crippen molar-refractivity contribution in [2.24, 2.45) is 0 Å². The van der Waals surface area contributed by atoms with Crippen molar-refractivity contribution in [2.75, 3.05) is 25.6 Å². The molecule has 2 aromatic rings. The molecule has 1 aromatic heterocycles. The second-order valence-corrected chi connectivity index (χ2v) is 6.71. The number of nitrogens with one attached hydrogen (secondary N) is 1. The van der Waals surface area contributed by atoms with Gasteiger partial charge in [-0.3, -0.25) is 4.98 Å². The average Bonchev–Trinajstić information content (AvgIpc) is 2.62. The molecular weight excluding hydrogens is 354 g/mol. The van der Waals surface area contributed by atoms with Crippen LogP contribution in [0.25, 0.3) is 0 Å². The summed E-state index contributed by atoms with van der Waals surface area (Å²) < 4.78 is 5.19. The monoisotopic (exact) mass is 377 g/mol. The van der Waals surface area contributed by atoms with Gasteiger partial charge in [-0.15, -0.1) is 0 Å². The molecular formula is C19H24ClN3OS. The van der Waals surface area contributed by atoms with Gasteiger partial charge in [0, 0.05) is 43.4 Å². The van der Waals surface area contributed by atoms with Crippen LogP contribution in [-0.4, -0.2) is 35.3 Å². The van der Waals surface area contributed by atoms with E-state index in [0.717, 1.165) is 24.2 Å². The Morgan fingerprint density at radius 1 is 1.32 bits per heavy atom. The minimum atomic E-state index is 0.124. The van der Waals surface area contributed by atoms with Gasteiger partial charge in [0.15, 0.2) is 5.11 Å². The van der Waals surface area contributed by atoms with Crippen LogP contribution >= 0.6 is 23.8 Å². The lowest BCUT2D eigenvalue weighted by Gasteiger charge is -2.32. The van der Waals surface area contributed by atoms with Crippen LogP contribution in [0.3, 0.4) is 0 Å². The number of aromatic nitrogens is 1. The highest BCUT2D eigenvalue weighted by atomic mass is 35.5. The Labute approximate surface area is 160 Å². The van der Waals surface area contributed by atoms with Gasteiger partial charge in [-0.1, -0.05) is 17.7 Å². The van der Waals surface area contributed by atoms with E-state index in [1.807, 2.05) is 37.3 Å². The molecule has 0 saturated heterocycles. The lowest BCUT2D eigenvalue weighted by molar-refractivity contribution is 0.181. The number of aryl methyl sites for hydroxylation is 1. The van der Waals surface area contributed by atoms with Crippen molar-refractivity contribution in [1.82, 2.24) is 9.88 Å². The fourth-order valence-corrected chi connectivity index (χ4v) is 3.12. The van der Waals surface area contributed by atoms with Crippen LogP contribution in [-0.2, 0) is 4.74 Å². The first-order valence-electron chi connectivity index (χ1n) is 8.25. The van der Waals surface area contributed by atoms with Crippen molar-refractivity contribution in [3.05, 3.63) is 58.9 Å². The van der Waals surface area contributed by atoms with Gasteiger partial charge in [0.25, 0.3) is 0 Å². The number of nitrogens with zero attached hydrogens (tertiary/aromatic N) is 2. The Hall–Kier alpha value is -1.69. The summed E-state index contributed by atoms with van der Waals surface area (Å²) in [5, 5.41) is 4.70. The van der Waals surface area contributed by atoms with E-state index in [0.29, 0.717) is 16.7 Å². The van der Waals surface area contributed by atoms with Gasteiger partial charge < -0.3 is 15.0 Å². The van der Waals surface area contributed by atoms with E-state index < -0.39 is 0 Å². The molecule has 4 nitrogen and oxygen atoms in total. The van der Waals surface area contributed by atoms with Crippen LogP contribution in [0, 0.1) is 6.92 Å². The number of ether oxygens (including phenoxy) is 1. The van der Waals surface area contributed by atoms with Crippen LogP contribution in [0.2, 0.25) is 5.02 Å². The Bertz CT molecular complexity index is 696. The zero-order chi connectivity index (χ0) is 18.2. The number of anilines is 1. The highest BCUT2D eigenvalue weighted by Gasteiger charge is 2.19. The third-order valence-corrected chi connectivity index (χ3v) is 4.68. The van der Waals surface area contributed by atoms with Gasteiger partial charge >= 0.3 is 0 Å². The Kier molecular flexibility index (Phi) is 7.62. The molecule has 1 atom stereocenters. The van der Waals surface area contributed by atoms with Crippen LogP contribution in [0.4, 0.5) is 5.69 Å². The Balaban J connectivity index is 2.18. The standard InChI is InChI=1S/C19H24ClN3OS/c1-14-5-6-17(20)13-18(14)22-19(25)23(11-4-12-24-3)15(2)16-7-9-21-10-8-16/h5-10,13,15H,4,11-12H2,1-3H3,(H,22,25)/t15-/m0/s1. The van der Waals surface area contributed by atoms with Crippen molar-refractivity contribution < 1.29 is 4.74 Å². The minimum Gasteiger partial charge on any atom is -0.385 e.